The van der Waals surface area contributed by atoms with Gasteiger partial charge in [0.15, 0.2) is 0 Å². The highest BCUT2D eigenvalue weighted by molar-refractivity contribution is 7.12. The van der Waals surface area contributed by atoms with Crippen molar-refractivity contribution in [3.63, 3.8) is 0 Å². The fraction of sp³-hybridized carbons (Fsp3) is 0.583. The lowest BCUT2D eigenvalue weighted by molar-refractivity contribution is -0.140. The average Bonchev–Trinajstić information content (AvgIpc) is 2.74. The predicted octanol–water partition coefficient (Wildman–Crippen LogP) is 1.93. The summed E-state index contributed by atoms with van der Waals surface area (Å²) in [6, 6.07) is 1.31. The Morgan fingerprint density at radius 3 is 2.81 bits per heavy atom. The van der Waals surface area contributed by atoms with Gasteiger partial charge in [0.1, 0.15) is 6.04 Å². The van der Waals surface area contributed by atoms with Gasteiger partial charge in [0.2, 0.25) is 0 Å². The lowest BCUT2D eigenvalue weighted by Gasteiger charge is -2.27. The largest absolute Gasteiger partial charge is 0.480 e. The van der Waals surface area contributed by atoms with Crippen molar-refractivity contribution in [2.75, 3.05) is 0 Å². The van der Waals surface area contributed by atoms with Crippen molar-refractivity contribution in [1.82, 2.24) is 0 Å². The van der Waals surface area contributed by atoms with E-state index in [-0.39, 0.29) is 0 Å². The Morgan fingerprint density at radius 2 is 2.25 bits per heavy atom. The minimum atomic E-state index is -0.932. The van der Waals surface area contributed by atoms with E-state index in [9.17, 15) is 4.79 Å². The van der Waals surface area contributed by atoms with Crippen LogP contribution in [0, 0.1) is 0 Å². The molecule has 0 aromatic carbocycles. The molecule has 3 nitrogen and oxygen atoms in total. The van der Waals surface area contributed by atoms with E-state index in [0.29, 0.717) is 0 Å². The first-order chi connectivity index (χ1) is 7.43. The van der Waals surface area contributed by atoms with Crippen LogP contribution < -0.4 is 5.73 Å². The first kappa shape index (κ1) is 11.6. The lowest BCUT2D eigenvalue weighted by atomic mass is 9.83. The predicted molar refractivity (Wildman–Crippen MR) is 65.0 cm³/mol. The Bertz CT molecular complexity index is 401. The molecule has 1 unspecified atom stereocenters. The van der Waals surface area contributed by atoms with E-state index in [1.807, 2.05) is 13.8 Å². The molecule has 16 heavy (non-hydrogen) atoms. The smallest absolute Gasteiger partial charge is 0.321 e. The van der Waals surface area contributed by atoms with Crippen LogP contribution in [-0.4, -0.2) is 17.1 Å². The highest BCUT2D eigenvalue weighted by atomic mass is 32.1. The maximum atomic E-state index is 11.0. The van der Waals surface area contributed by atoms with Gasteiger partial charge in [-0.05, 0) is 30.9 Å². The number of aryl methyl sites for hydroxylation is 2. The summed E-state index contributed by atoms with van der Waals surface area (Å²) in [6.07, 6.45) is 3.50. The lowest BCUT2D eigenvalue weighted by Crippen LogP contribution is -2.46. The molecule has 1 aliphatic rings. The van der Waals surface area contributed by atoms with Gasteiger partial charge in [-0.15, -0.1) is 11.3 Å². The van der Waals surface area contributed by atoms with Crippen molar-refractivity contribution in [3.8, 4) is 0 Å². The number of carbonyl (C=O) groups is 1. The molecule has 3 N–H and O–H groups in total. The molecule has 88 valence electrons. The number of fused-ring (bicyclic) bond motifs is 1. The molecule has 0 fully saturated rings. The molecule has 0 spiro atoms. The standard InChI is InChI=1S/C12H17NO2S/c1-12(2,10(13)11(14)15)9-6-7-4-3-5-8(7)16-9/h6,10H,3-5,13H2,1-2H3,(H,14,15). The van der Waals surface area contributed by atoms with Crippen molar-refractivity contribution in [1.29, 1.82) is 0 Å². The van der Waals surface area contributed by atoms with E-state index in [0.717, 1.165) is 17.7 Å². The number of hydrogen-bond acceptors (Lipinski definition) is 3. The Kier molecular flexibility index (Phi) is 2.80. The summed E-state index contributed by atoms with van der Waals surface area (Å²) in [5.41, 5.74) is 6.66. The third-order valence-electron chi connectivity index (χ3n) is 3.43. The Morgan fingerprint density at radius 1 is 1.56 bits per heavy atom. The molecular weight excluding hydrogens is 222 g/mol. The van der Waals surface area contributed by atoms with Gasteiger partial charge < -0.3 is 10.8 Å². The molecule has 0 radical (unpaired) electrons. The van der Waals surface area contributed by atoms with E-state index in [4.69, 9.17) is 10.8 Å². The molecule has 0 saturated carbocycles. The van der Waals surface area contributed by atoms with Crippen LogP contribution in [0.15, 0.2) is 6.07 Å². The average molecular weight is 239 g/mol. The normalized spacial score (nSPS) is 17.2. The highest BCUT2D eigenvalue weighted by Gasteiger charge is 2.36. The number of hydrogen-bond donors (Lipinski definition) is 2. The van der Waals surface area contributed by atoms with E-state index in [1.165, 1.54) is 16.9 Å². The minimum absolute atomic E-state index is 0.485. The molecule has 1 aromatic heterocycles. The Balaban J connectivity index is 2.32. The summed E-state index contributed by atoms with van der Waals surface area (Å²) in [6.45, 7) is 3.82. The van der Waals surface area contributed by atoms with E-state index < -0.39 is 17.4 Å². The summed E-state index contributed by atoms with van der Waals surface area (Å²) in [7, 11) is 0. The molecule has 2 rings (SSSR count). The fourth-order valence-electron chi connectivity index (χ4n) is 2.11. The first-order valence-corrected chi connectivity index (χ1v) is 6.35. The summed E-state index contributed by atoms with van der Waals surface area (Å²) >= 11 is 1.73. The van der Waals surface area contributed by atoms with Gasteiger partial charge >= 0.3 is 5.97 Å². The fourth-order valence-corrected chi connectivity index (χ4v) is 3.50. The molecule has 0 aliphatic heterocycles. The third-order valence-corrected chi connectivity index (χ3v) is 5.00. The molecule has 0 amide bonds. The van der Waals surface area contributed by atoms with Crippen LogP contribution in [0.2, 0.25) is 0 Å². The zero-order valence-corrected chi connectivity index (χ0v) is 10.4. The summed E-state index contributed by atoms with van der Waals surface area (Å²) in [4.78, 5) is 13.5. The Hall–Kier alpha value is -0.870. The van der Waals surface area contributed by atoms with E-state index >= 15 is 0 Å². The number of thiophene rings is 1. The van der Waals surface area contributed by atoms with Crippen LogP contribution in [-0.2, 0) is 23.1 Å². The second-order valence-electron chi connectivity index (χ2n) is 4.95. The second-order valence-corrected chi connectivity index (χ2v) is 6.09. The molecule has 1 aromatic rings. The van der Waals surface area contributed by atoms with Crippen molar-refractivity contribution < 1.29 is 9.90 Å². The summed E-state index contributed by atoms with van der Waals surface area (Å²) in [5, 5.41) is 9.01. The molecular formula is C12H17NO2S. The zero-order valence-electron chi connectivity index (χ0n) is 9.62. The quantitative estimate of drug-likeness (QED) is 0.847. The maximum Gasteiger partial charge on any atom is 0.321 e. The minimum Gasteiger partial charge on any atom is -0.480 e. The third kappa shape index (κ3) is 1.76. The van der Waals surface area contributed by atoms with Crippen LogP contribution in [0.25, 0.3) is 0 Å². The van der Waals surface area contributed by atoms with Gasteiger partial charge in [-0.1, -0.05) is 13.8 Å². The van der Waals surface area contributed by atoms with Crippen molar-refractivity contribution in [3.05, 3.63) is 21.4 Å². The van der Waals surface area contributed by atoms with Gasteiger partial charge in [-0.3, -0.25) is 4.79 Å². The zero-order chi connectivity index (χ0) is 11.9. The van der Waals surface area contributed by atoms with Gasteiger partial charge in [-0.25, -0.2) is 0 Å². The summed E-state index contributed by atoms with van der Waals surface area (Å²) in [5.74, 6) is -0.932. The van der Waals surface area contributed by atoms with Gasteiger partial charge in [-0.2, -0.15) is 0 Å². The van der Waals surface area contributed by atoms with Crippen LogP contribution in [0.4, 0.5) is 0 Å². The number of carboxylic acid groups (broad SMARTS) is 1. The van der Waals surface area contributed by atoms with Crippen molar-refractivity contribution in [2.45, 2.75) is 44.6 Å². The maximum absolute atomic E-state index is 11.0. The SMILES string of the molecule is CC(C)(c1cc2c(s1)CCC2)C(N)C(=O)O. The van der Waals surface area contributed by atoms with Gasteiger partial charge in [0.25, 0.3) is 0 Å². The number of carboxylic acids is 1. The molecule has 1 heterocycles. The highest BCUT2D eigenvalue weighted by Crippen LogP contribution is 2.38. The molecule has 1 aliphatic carbocycles. The number of nitrogens with two attached hydrogens (primary N) is 1. The van der Waals surface area contributed by atoms with Crippen molar-refractivity contribution >= 4 is 17.3 Å². The molecule has 0 bridgehead atoms. The van der Waals surface area contributed by atoms with Gasteiger partial charge in [0, 0.05) is 15.2 Å². The number of aliphatic carboxylic acids is 1. The monoisotopic (exact) mass is 239 g/mol. The van der Waals surface area contributed by atoms with Crippen LogP contribution in [0.3, 0.4) is 0 Å². The second kappa shape index (κ2) is 3.86. The molecule has 1 atom stereocenters. The topological polar surface area (TPSA) is 63.3 Å². The van der Waals surface area contributed by atoms with Crippen LogP contribution >= 0.6 is 11.3 Å². The van der Waals surface area contributed by atoms with Crippen molar-refractivity contribution in [2.24, 2.45) is 5.73 Å². The summed E-state index contributed by atoms with van der Waals surface area (Å²) < 4.78 is 0. The Labute approximate surface area is 99.3 Å². The van der Waals surface area contributed by atoms with E-state index in [1.54, 1.807) is 11.3 Å². The van der Waals surface area contributed by atoms with Crippen LogP contribution in [0.1, 0.15) is 35.6 Å². The molecule has 0 saturated heterocycles. The number of rotatable bonds is 3. The first-order valence-electron chi connectivity index (χ1n) is 5.53. The molecule has 4 heteroatoms. The van der Waals surface area contributed by atoms with Crippen LogP contribution in [0.5, 0.6) is 0 Å². The van der Waals surface area contributed by atoms with Gasteiger partial charge in [0.05, 0.1) is 0 Å². The van der Waals surface area contributed by atoms with E-state index in [2.05, 4.69) is 6.07 Å².